The lowest BCUT2D eigenvalue weighted by atomic mass is 9.73. The van der Waals surface area contributed by atoms with Gasteiger partial charge in [0.15, 0.2) is 0 Å². The van der Waals surface area contributed by atoms with Crippen molar-refractivity contribution in [1.82, 2.24) is 10.2 Å². The SMILES string of the molecule is COc1ccc2c(c1)CN(C)CC2C1(O)CCNCC1. The number of nitrogens with one attached hydrogen (secondary N) is 1. The predicted octanol–water partition coefficient (Wildman–Crippen LogP) is 1.34. The molecule has 1 aromatic carbocycles. The first kappa shape index (κ1) is 13.9. The van der Waals surface area contributed by atoms with Crippen LogP contribution in [0.3, 0.4) is 0 Å². The van der Waals surface area contributed by atoms with Gasteiger partial charge < -0.3 is 20.1 Å². The Balaban J connectivity index is 1.97. The van der Waals surface area contributed by atoms with Gasteiger partial charge in [0.2, 0.25) is 0 Å². The fraction of sp³-hybridized carbons (Fsp3) is 0.625. The lowest BCUT2D eigenvalue weighted by Crippen LogP contribution is -2.50. The number of methoxy groups -OCH3 is 1. The van der Waals surface area contributed by atoms with Crippen LogP contribution >= 0.6 is 0 Å². The summed E-state index contributed by atoms with van der Waals surface area (Å²) in [6.07, 6.45) is 1.66. The van der Waals surface area contributed by atoms with Gasteiger partial charge in [-0.3, -0.25) is 0 Å². The monoisotopic (exact) mass is 276 g/mol. The molecule has 0 radical (unpaired) electrons. The molecule has 1 atom stereocenters. The second-order valence-corrected chi connectivity index (χ2v) is 6.17. The van der Waals surface area contributed by atoms with Crippen LogP contribution in [0.1, 0.15) is 29.9 Å². The van der Waals surface area contributed by atoms with E-state index in [0.717, 1.165) is 44.8 Å². The van der Waals surface area contributed by atoms with Crippen molar-refractivity contribution >= 4 is 0 Å². The molecule has 0 amide bonds. The highest BCUT2D eigenvalue weighted by Crippen LogP contribution is 2.41. The third-order valence-corrected chi connectivity index (χ3v) is 4.78. The zero-order valence-electron chi connectivity index (χ0n) is 12.4. The Morgan fingerprint density at radius 2 is 2.10 bits per heavy atom. The van der Waals surface area contributed by atoms with Crippen LogP contribution in [0.2, 0.25) is 0 Å². The number of hydrogen-bond donors (Lipinski definition) is 2. The molecular weight excluding hydrogens is 252 g/mol. The summed E-state index contributed by atoms with van der Waals surface area (Å²) in [6, 6.07) is 6.27. The highest BCUT2D eigenvalue weighted by molar-refractivity contribution is 5.41. The van der Waals surface area contributed by atoms with Crippen molar-refractivity contribution in [3.63, 3.8) is 0 Å². The van der Waals surface area contributed by atoms with Crippen molar-refractivity contribution in [2.75, 3.05) is 33.8 Å². The normalized spacial score (nSPS) is 26.1. The van der Waals surface area contributed by atoms with Gasteiger partial charge in [-0.2, -0.15) is 0 Å². The molecule has 20 heavy (non-hydrogen) atoms. The minimum absolute atomic E-state index is 0.198. The van der Waals surface area contributed by atoms with Crippen LogP contribution in [-0.2, 0) is 6.54 Å². The fourth-order valence-corrected chi connectivity index (χ4v) is 3.62. The average Bonchev–Trinajstić information content (AvgIpc) is 2.46. The van der Waals surface area contributed by atoms with E-state index in [1.807, 2.05) is 6.07 Å². The average molecular weight is 276 g/mol. The molecule has 2 heterocycles. The molecule has 3 rings (SSSR count). The third-order valence-electron chi connectivity index (χ3n) is 4.78. The maximum absolute atomic E-state index is 11.1. The molecule has 1 fully saturated rings. The topological polar surface area (TPSA) is 44.7 Å². The van der Waals surface area contributed by atoms with Crippen LogP contribution in [0.25, 0.3) is 0 Å². The number of rotatable bonds is 2. The zero-order chi connectivity index (χ0) is 14.2. The number of fused-ring (bicyclic) bond motifs is 1. The molecule has 0 spiro atoms. The molecule has 0 aromatic heterocycles. The summed E-state index contributed by atoms with van der Waals surface area (Å²) >= 11 is 0. The van der Waals surface area contributed by atoms with Gasteiger partial charge in [0.25, 0.3) is 0 Å². The van der Waals surface area contributed by atoms with E-state index in [-0.39, 0.29) is 5.92 Å². The Bertz CT molecular complexity index is 483. The second-order valence-electron chi connectivity index (χ2n) is 6.17. The lowest BCUT2D eigenvalue weighted by Gasteiger charge is -2.44. The molecule has 2 aliphatic heterocycles. The van der Waals surface area contributed by atoms with E-state index in [9.17, 15) is 5.11 Å². The van der Waals surface area contributed by atoms with Crippen LogP contribution in [0.5, 0.6) is 5.75 Å². The second kappa shape index (κ2) is 5.35. The summed E-state index contributed by atoms with van der Waals surface area (Å²) in [5.74, 6) is 1.10. The summed E-state index contributed by atoms with van der Waals surface area (Å²) in [6.45, 7) is 3.66. The molecule has 2 N–H and O–H groups in total. The number of hydrogen-bond acceptors (Lipinski definition) is 4. The van der Waals surface area contributed by atoms with Gasteiger partial charge in [0, 0.05) is 19.0 Å². The van der Waals surface area contributed by atoms with Crippen molar-refractivity contribution in [3.8, 4) is 5.75 Å². The molecule has 1 aromatic rings. The molecule has 4 nitrogen and oxygen atoms in total. The maximum Gasteiger partial charge on any atom is 0.119 e. The third kappa shape index (κ3) is 2.43. The smallest absolute Gasteiger partial charge is 0.119 e. The van der Waals surface area contributed by atoms with Gasteiger partial charge in [0.1, 0.15) is 5.75 Å². The minimum Gasteiger partial charge on any atom is -0.497 e. The van der Waals surface area contributed by atoms with E-state index < -0.39 is 5.60 Å². The van der Waals surface area contributed by atoms with Crippen LogP contribution < -0.4 is 10.1 Å². The molecular formula is C16H24N2O2. The number of likely N-dealkylation sites (N-methyl/N-ethyl adjacent to an activating group) is 1. The first-order valence-corrected chi connectivity index (χ1v) is 7.41. The number of benzene rings is 1. The van der Waals surface area contributed by atoms with Gasteiger partial charge in [-0.1, -0.05) is 6.07 Å². The van der Waals surface area contributed by atoms with Crippen molar-refractivity contribution < 1.29 is 9.84 Å². The largest absolute Gasteiger partial charge is 0.497 e. The van der Waals surface area contributed by atoms with E-state index in [2.05, 4.69) is 29.4 Å². The fourth-order valence-electron chi connectivity index (χ4n) is 3.62. The number of ether oxygens (including phenoxy) is 1. The summed E-state index contributed by atoms with van der Waals surface area (Å²) in [7, 11) is 3.83. The maximum atomic E-state index is 11.1. The molecule has 1 saturated heterocycles. The first-order chi connectivity index (χ1) is 9.62. The summed E-state index contributed by atoms with van der Waals surface area (Å²) in [5, 5.41) is 14.4. The minimum atomic E-state index is -0.580. The highest BCUT2D eigenvalue weighted by Gasteiger charge is 2.41. The molecule has 0 saturated carbocycles. The summed E-state index contributed by atoms with van der Waals surface area (Å²) in [5.41, 5.74) is 2.01. The lowest BCUT2D eigenvalue weighted by molar-refractivity contribution is -0.0278. The van der Waals surface area contributed by atoms with Crippen molar-refractivity contribution in [1.29, 1.82) is 0 Å². The Labute approximate surface area is 120 Å². The van der Waals surface area contributed by atoms with Crippen molar-refractivity contribution in [2.45, 2.75) is 30.9 Å². The first-order valence-electron chi connectivity index (χ1n) is 7.41. The van der Waals surface area contributed by atoms with E-state index in [0.29, 0.717) is 0 Å². The van der Waals surface area contributed by atoms with Crippen molar-refractivity contribution in [2.24, 2.45) is 0 Å². The Kier molecular flexibility index (Phi) is 3.71. The van der Waals surface area contributed by atoms with Crippen LogP contribution in [0.4, 0.5) is 0 Å². The quantitative estimate of drug-likeness (QED) is 0.855. The van der Waals surface area contributed by atoms with Crippen LogP contribution in [-0.4, -0.2) is 49.4 Å². The van der Waals surface area contributed by atoms with E-state index in [1.54, 1.807) is 7.11 Å². The molecule has 0 bridgehead atoms. The number of aliphatic hydroxyl groups is 1. The zero-order valence-corrected chi connectivity index (χ0v) is 12.4. The molecule has 110 valence electrons. The Morgan fingerprint density at radius 1 is 1.35 bits per heavy atom. The standard InChI is InChI=1S/C16H24N2O2/c1-18-10-12-9-13(20-2)3-4-14(12)15(11-18)16(19)5-7-17-8-6-16/h3-4,9,15,17,19H,5-8,10-11H2,1-2H3. The van der Waals surface area contributed by atoms with Gasteiger partial charge in [0.05, 0.1) is 12.7 Å². The molecule has 1 unspecified atom stereocenters. The summed E-state index contributed by atoms with van der Waals surface area (Å²) < 4.78 is 5.33. The van der Waals surface area contributed by atoms with Crippen LogP contribution in [0.15, 0.2) is 18.2 Å². The highest BCUT2D eigenvalue weighted by atomic mass is 16.5. The molecule has 2 aliphatic rings. The number of piperidine rings is 1. The van der Waals surface area contributed by atoms with E-state index in [4.69, 9.17) is 4.74 Å². The van der Waals surface area contributed by atoms with Gasteiger partial charge in [-0.05, 0) is 56.2 Å². The van der Waals surface area contributed by atoms with Gasteiger partial charge in [-0.25, -0.2) is 0 Å². The van der Waals surface area contributed by atoms with Crippen LogP contribution in [0, 0.1) is 0 Å². The van der Waals surface area contributed by atoms with Gasteiger partial charge in [-0.15, -0.1) is 0 Å². The van der Waals surface area contributed by atoms with Gasteiger partial charge >= 0.3 is 0 Å². The van der Waals surface area contributed by atoms with Crippen molar-refractivity contribution in [3.05, 3.63) is 29.3 Å². The van der Waals surface area contributed by atoms with E-state index >= 15 is 0 Å². The Hall–Kier alpha value is -1.10. The number of nitrogens with zero attached hydrogens (tertiary/aromatic N) is 1. The predicted molar refractivity (Wildman–Crippen MR) is 79.1 cm³/mol. The van der Waals surface area contributed by atoms with E-state index in [1.165, 1.54) is 11.1 Å². The molecule has 0 aliphatic carbocycles. The molecule has 4 heteroatoms. The summed E-state index contributed by atoms with van der Waals surface area (Å²) in [4.78, 5) is 2.30. The Morgan fingerprint density at radius 3 is 2.80 bits per heavy atom.